The molecule has 8 nitrogen and oxygen atoms in total. The van der Waals surface area contributed by atoms with Crippen molar-refractivity contribution in [3.8, 4) is 0 Å². The van der Waals surface area contributed by atoms with Gasteiger partial charge in [-0.15, -0.1) is 0 Å². The van der Waals surface area contributed by atoms with E-state index >= 15 is 0 Å². The normalized spacial score (nSPS) is 24.5. The molecule has 3 aliphatic heterocycles. The molecule has 3 aliphatic rings. The lowest BCUT2D eigenvalue weighted by molar-refractivity contribution is -0.174. The van der Waals surface area contributed by atoms with Gasteiger partial charge in [0.1, 0.15) is 17.3 Å². The summed E-state index contributed by atoms with van der Waals surface area (Å²) in [5, 5.41) is 3.41. The third-order valence-corrected chi connectivity index (χ3v) is 13.9. The minimum Gasteiger partial charge on any atom is -0.461 e. The van der Waals surface area contributed by atoms with Gasteiger partial charge in [-0.1, -0.05) is 59.1 Å². The quantitative estimate of drug-likeness (QED) is 0.100. The number of piperidine rings is 3. The number of methoxy groups -OCH3 is 1. The van der Waals surface area contributed by atoms with E-state index in [1.54, 1.807) is 6.92 Å². The van der Waals surface area contributed by atoms with Gasteiger partial charge in [-0.05, 0) is 143 Å². The van der Waals surface area contributed by atoms with E-state index in [1.165, 1.54) is 12.8 Å². The lowest BCUT2D eigenvalue weighted by Gasteiger charge is -2.55. The number of esters is 1. The SMILES string of the molecule is C.CCCCC(CCCC)(C(C)=O)C(=O)OC1CC(C)(C)N(CC=CCN2C(C)(C)CC(OC)CC2(C)C)C(C)(C)C1.CNC1CC(C)(C)N(C)C(C)(C)C1. The number of carbonyl (C=O) groups is 2. The zero-order valence-electron chi connectivity index (χ0n) is 38.8. The Bertz CT molecular complexity index is 1170. The Morgan fingerprint density at radius 1 is 0.673 bits per heavy atom. The molecule has 0 aromatic rings. The van der Waals surface area contributed by atoms with Crippen LogP contribution in [0.15, 0.2) is 12.2 Å². The van der Waals surface area contributed by atoms with Crippen LogP contribution in [0.25, 0.3) is 0 Å². The molecule has 0 aromatic carbocycles. The number of rotatable bonds is 15. The molecule has 324 valence electrons. The molecule has 0 unspecified atom stereocenters. The second-order valence-electron chi connectivity index (χ2n) is 21.1. The number of Topliss-reactive ketones (excluding diaryl/α,β-unsaturated/α-hetero) is 1. The number of hydrogen-bond acceptors (Lipinski definition) is 8. The fraction of sp³-hybridized carbons (Fsp3) is 0.915. The number of carbonyl (C=O) groups excluding carboxylic acids is 2. The van der Waals surface area contributed by atoms with E-state index in [9.17, 15) is 9.59 Å². The highest BCUT2D eigenvalue weighted by Gasteiger charge is 2.50. The summed E-state index contributed by atoms with van der Waals surface area (Å²) in [5.74, 6) is -0.331. The maximum atomic E-state index is 13.7. The molecule has 0 spiro atoms. The third-order valence-electron chi connectivity index (χ3n) is 13.9. The van der Waals surface area contributed by atoms with Crippen LogP contribution in [0, 0.1) is 5.41 Å². The number of nitrogens with zero attached hydrogens (tertiary/aromatic N) is 3. The summed E-state index contributed by atoms with van der Waals surface area (Å²) in [5.41, 5.74) is -0.547. The summed E-state index contributed by atoms with van der Waals surface area (Å²) in [4.78, 5) is 34.3. The van der Waals surface area contributed by atoms with Crippen molar-refractivity contribution in [2.24, 2.45) is 5.41 Å². The van der Waals surface area contributed by atoms with Crippen molar-refractivity contribution in [1.82, 2.24) is 20.0 Å². The van der Waals surface area contributed by atoms with Crippen molar-refractivity contribution in [1.29, 1.82) is 0 Å². The Kier molecular flexibility index (Phi) is 18.9. The number of likely N-dealkylation sites (tertiary alicyclic amines) is 3. The van der Waals surface area contributed by atoms with Gasteiger partial charge in [-0.25, -0.2) is 0 Å². The monoisotopic (exact) mass is 777 g/mol. The van der Waals surface area contributed by atoms with Crippen LogP contribution in [0.1, 0.15) is 188 Å². The van der Waals surface area contributed by atoms with Crippen LogP contribution >= 0.6 is 0 Å². The maximum Gasteiger partial charge on any atom is 0.319 e. The topological polar surface area (TPSA) is 74.4 Å². The predicted octanol–water partition coefficient (Wildman–Crippen LogP) is 10.2. The number of hydrogen-bond donors (Lipinski definition) is 1. The summed E-state index contributed by atoms with van der Waals surface area (Å²) >= 11 is 0. The summed E-state index contributed by atoms with van der Waals surface area (Å²) in [6.45, 7) is 35.2. The molecule has 0 bridgehead atoms. The van der Waals surface area contributed by atoms with Gasteiger partial charge in [-0.2, -0.15) is 0 Å². The Hall–Kier alpha value is -1.32. The Balaban J connectivity index is 0.000000910. The lowest BCUT2D eigenvalue weighted by atomic mass is 9.74. The van der Waals surface area contributed by atoms with Crippen LogP contribution in [-0.4, -0.2) is 112 Å². The number of ether oxygens (including phenoxy) is 2. The van der Waals surface area contributed by atoms with Gasteiger partial charge in [-0.3, -0.25) is 24.3 Å². The van der Waals surface area contributed by atoms with Crippen molar-refractivity contribution in [2.75, 3.05) is 34.3 Å². The van der Waals surface area contributed by atoms with Crippen molar-refractivity contribution < 1.29 is 19.1 Å². The molecule has 3 saturated heterocycles. The maximum absolute atomic E-state index is 13.7. The molecule has 0 aromatic heterocycles. The van der Waals surface area contributed by atoms with Crippen LogP contribution in [0.2, 0.25) is 0 Å². The minimum atomic E-state index is -1.00. The smallest absolute Gasteiger partial charge is 0.319 e. The van der Waals surface area contributed by atoms with Crippen LogP contribution in [-0.2, 0) is 19.1 Å². The average molecular weight is 777 g/mol. The largest absolute Gasteiger partial charge is 0.461 e. The highest BCUT2D eigenvalue weighted by molar-refractivity contribution is 6.02. The summed E-state index contributed by atoms with van der Waals surface area (Å²) < 4.78 is 12.0. The second kappa shape index (κ2) is 20.1. The highest BCUT2D eigenvalue weighted by atomic mass is 16.5. The Morgan fingerprint density at radius 2 is 1.04 bits per heavy atom. The van der Waals surface area contributed by atoms with Crippen LogP contribution < -0.4 is 5.32 Å². The summed E-state index contributed by atoms with van der Waals surface area (Å²) in [6.07, 6.45) is 15.6. The van der Waals surface area contributed by atoms with Crippen LogP contribution in [0.5, 0.6) is 0 Å². The van der Waals surface area contributed by atoms with Crippen LogP contribution in [0.4, 0.5) is 0 Å². The van der Waals surface area contributed by atoms with Crippen molar-refractivity contribution >= 4 is 11.8 Å². The van der Waals surface area contributed by atoms with Crippen LogP contribution in [0.3, 0.4) is 0 Å². The van der Waals surface area contributed by atoms with Gasteiger partial charge < -0.3 is 14.8 Å². The van der Waals surface area contributed by atoms with Crippen molar-refractivity contribution in [3.63, 3.8) is 0 Å². The molecule has 8 heteroatoms. The lowest BCUT2D eigenvalue weighted by Crippen LogP contribution is -2.62. The van der Waals surface area contributed by atoms with Gasteiger partial charge in [0.25, 0.3) is 0 Å². The van der Waals surface area contributed by atoms with Crippen molar-refractivity contribution in [3.05, 3.63) is 12.2 Å². The average Bonchev–Trinajstić information content (AvgIpc) is 3.02. The molecule has 55 heavy (non-hydrogen) atoms. The summed E-state index contributed by atoms with van der Waals surface area (Å²) in [6, 6.07) is 0.668. The molecular weight excluding hydrogens is 685 g/mol. The van der Waals surface area contributed by atoms with E-state index < -0.39 is 5.41 Å². The first kappa shape index (κ1) is 51.7. The van der Waals surface area contributed by atoms with E-state index in [4.69, 9.17) is 9.47 Å². The van der Waals surface area contributed by atoms with E-state index in [2.05, 4.69) is 143 Å². The first-order chi connectivity index (χ1) is 24.7. The molecule has 0 atom stereocenters. The van der Waals surface area contributed by atoms with Gasteiger partial charge in [0.15, 0.2) is 0 Å². The van der Waals surface area contributed by atoms with Gasteiger partial charge in [0.05, 0.1) is 6.10 Å². The Labute approximate surface area is 341 Å². The van der Waals surface area contributed by atoms with E-state index in [-0.39, 0.29) is 47.4 Å². The molecule has 1 N–H and O–H groups in total. The van der Waals surface area contributed by atoms with Crippen molar-refractivity contribution in [2.45, 2.75) is 240 Å². The molecule has 0 amide bonds. The molecule has 3 heterocycles. The number of unbranched alkanes of at least 4 members (excludes halogenated alkanes) is 2. The van der Waals surface area contributed by atoms with Gasteiger partial charge in [0.2, 0.25) is 0 Å². The zero-order valence-corrected chi connectivity index (χ0v) is 38.8. The second-order valence-corrected chi connectivity index (χ2v) is 21.1. The van der Waals surface area contributed by atoms with Gasteiger partial charge in [0, 0.05) is 72.3 Å². The molecule has 3 rings (SSSR count). The van der Waals surface area contributed by atoms with E-state index in [0.29, 0.717) is 36.1 Å². The standard InChI is InChI=1S/C35H64N2O4.C11H24N2.CH4/c1-13-15-19-35(27(3)38,20-16-14-2)30(39)41-29-25-33(8,9)37(34(10,11)26-29)22-18-17-21-36-31(4,5)23-28(40-12)24-32(36,6)7;1-10(2)7-9(12-5)8-11(3,4)13(10)6;/h17-18,28-29H,13-16,19-26H2,1-12H3;9,12H,7-8H2,1-6H3;1H4. The molecular formula is C47H92N4O4. The first-order valence-corrected chi connectivity index (χ1v) is 21.5. The number of nitrogens with one attached hydrogen (secondary N) is 1. The molecule has 0 radical (unpaired) electrons. The minimum absolute atomic E-state index is 0. The Morgan fingerprint density at radius 3 is 1.35 bits per heavy atom. The van der Waals surface area contributed by atoms with Gasteiger partial charge >= 0.3 is 5.97 Å². The zero-order chi connectivity index (χ0) is 41.6. The fourth-order valence-electron chi connectivity index (χ4n) is 10.7. The molecule has 0 saturated carbocycles. The fourth-order valence-corrected chi connectivity index (χ4v) is 10.7. The number of ketones is 1. The third kappa shape index (κ3) is 13.1. The predicted molar refractivity (Wildman–Crippen MR) is 235 cm³/mol. The van der Waals surface area contributed by atoms with E-state index in [0.717, 1.165) is 64.5 Å². The first-order valence-electron chi connectivity index (χ1n) is 21.5. The highest BCUT2D eigenvalue weighted by Crippen LogP contribution is 2.43. The van der Waals surface area contributed by atoms with E-state index in [1.807, 2.05) is 7.11 Å². The molecule has 0 aliphatic carbocycles. The molecule has 3 fully saturated rings. The summed E-state index contributed by atoms with van der Waals surface area (Å²) in [7, 11) is 6.15.